The lowest BCUT2D eigenvalue weighted by molar-refractivity contribution is -0.384. The Morgan fingerprint density at radius 3 is 2.68 bits per heavy atom. The molecule has 1 rings (SSSR count). The van der Waals surface area contributed by atoms with Crippen LogP contribution in [-0.2, 0) is 4.79 Å². The van der Waals surface area contributed by atoms with Gasteiger partial charge in [0, 0.05) is 13.6 Å². The van der Waals surface area contributed by atoms with Crippen LogP contribution in [0.4, 0.5) is 15.8 Å². The summed E-state index contributed by atoms with van der Waals surface area (Å²) in [5, 5.41) is 19.4. The Kier molecular flexibility index (Phi) is 4.66. The Morgan fingerprint density at radius 1 is 1.63 bits per heavy atom. The highest BCUT2D eigenvalue weighted by Gasteiger charge is 2.23. The van der Waals surface area contributed by atoms with Gasteiger partial charge in [0.2, 0.25) is 0 Å². The lowest BCUT2D eigenvalue weighted by Crippen LogP contribution is -2.28. The number of nitro groups is 1. The van der Waals surface area contributed by atoms with Gasteiger partial charge in [0.25, 0.3) is 5.69 Å². The minimum Gasteiger partial charge on any atom is -0.481 e. The van der Waals surface area contributed by atoms with Crippen molar-refractivity contribution in [1.82, 2.24) is 0 Å². The number of halogens is 2. The van der Waals surface area contributed by atoms with E-state index in [0.717, 1.165) is 12.1 Å². The van der Waals surface area contributed by atoms with Gasteiger partial charge in [-0.3, -0.25) is 14.9 Å². The first-order chi connectivity index (χ1) is 8.73. The van der Waals surface area contributed by atoms with E-state index in [0.29, 0.717) is 0 Å². The second kappa shape index (κ2) is 5.83. The molecule has 0 saturated heterocycles. The highest BCUT2D eigenvalue weighted by atomic mass is 35.5. The number of carboxylic acids is 1. The molecule has 6 nitrogen and oxygen atoms in total. The van der Waals surface area contributed by atoms with E-state index in [1.54, 1.807) is 0 Å². The van der Waals surface area contributed by atoms with Crippen LogP contribution in [-0.4, -0.2) is 29.6 Å². The first kappa shape index (κ1) is 15.2. The van der Waals surface area contributed by atoms with Gasteiger partial charge in [0.05, 0.1) is 21.9 Å². The van der Waals surface area contributed by atoms with Crippen molar-refractivity contribution in [3.05, 3.63) is 33.1 Å². The van der Waals surface area contributed by atoms with E-state index >= 15 is 0 Å². The number of nitro benzene ring substituents is 1. The van der Waals surface area contributed by atoms with Crippen LogP contribution in [0.5, 0.6) is 0 Å². The summed E-state index contributed by atoms with van der Waals surface area (Å²) >= 11 is 5.59. The van der Waals surface area contributed by atoms with Crippen LogP contribution in [0.15, 0.2) is 12.1 Å². The van der Waals surface area contributed by atoms with Gasteiger partial charge in [-0.2, -0.15) is 0 Å². The zero-order valence-electron chi connectivity index (χ0n) is 10.3. The number of nitrogens with zero attached hydrogens (tertiary/aromatic N) is 2. The van der Waals surface area contributed by atoms with E-state index in [1.807, 2.05) is 0 Å². The fourth-order valence-electron chi connectivity index (χ4n) is 1.57. The summed E-state index contributed by atoms with van der Waals surface area (Å²) in [4.78, 5) is 22.2. The molecule has 19 heavy (non-hydrogen) atoms. The minimum absolute atomic E-state index is 0.0398. The molecule has 1 unspecified atom stereocenters. The van der Waals surface area contributed by atoms with Gasteiger partial charge in [0.15, 0.2) is 0 Å². The summed E-state index contributed by atoms with van der Waals surface area (Å²) in [6.07, 6.45) is 0. The van der Waals surface area contributed by atoms with Crippen LogP contribution in [0, 0.1) is 21.8 Å². The Labute approximate surface area is 113 Å². The fraction of sp³-hybridized carbons (Fsp3) is 0.364. The number of hydrogen-bond acceptors (Lipinski definition) is 4. The predicted octanol–water partition coefficient (Wildman–Crippen LogP) is 2.54. The second-order valence-electron chi connectivity index (χ2n) is 4.13. The van der Waals surface area contributed by atoms with Gasteiger partial charge in [-0.05, 0) is 6.07 Å². The fourth-order valence-corrected chi connectivity index (χ4v) is 1.72. The van der Waals surface area contributed by atoms with Gasteiger partial charge in [-0.15, -0.1) is 0 Å². The van der Waals surface area contributed by atoms with Crippen molar-refractivity contribution in [3.8, 4) is 0 Å². The van der Waals surface area contributed by atoms with Gasteiger partial charge in [-0.25, -0.2) is 4.39 Å². The maximum Gasteiger partial charge on any atom is 0.308 e. The molecule has 1 aromatic carbocycles. The van der Waals surface area contributed by atoms with Crippen molar-refractivity contribution in [1.29, 1.82) is 0 Å². The van der Waals surface area contributed by atoms with Crippen molar-refractivity contribution in [2.24, 2.45) is 5.92 Å². The van der Waals surface area contributed by atoms with Crippen LogP contribution < -0.4 is 4.90 Å². The van der Waals surface area contributed by atoms with E-state index < -0.39 is 28.3 Å². The predicted molar refractivity (Wildman–Crippen MR) is 68.1 cm³/mol. The molecule has 0 aromatic heterocycles. The summed E-state index contributed by atoms with van der Waals surface area (Å²) in [6, 6.07) is 1.84. The Morgan fingerprint density at radius 2 is 2.21 bits per heavy atom. The summed E-state index contributed by atoms with van der Waals surface area (Å²) < 4.78 is 13.2. The first-order valence-electron chi connectivity index (χ1n) is 5.31. The lowest BCUT2D eigenvalue weighted by Gasteiger charge is -2.21. The van der Waals surface area contributed by atoms with E-state index in [-0.39, 0.29) is 17.3 Å². The van der Waals surface area contributed by atoms with Crippen molar-refractivity contribution < 1.29 is 19.2 Å². The van der Waals surface area contributed by atoms with E-state index in [1.165, 1.54) is 18.9 Å². The molecule has 1 aromatic rings. The molecule has 0 amide bonds. The molecule has 1 atom stereocenters. The van der Waals surface area contributed by atoms with E-state index in [2.05, 4.69) is 0 Å². The third-order valence-corrected chi connectivity index (χ3v) is 2.88. The number of benzene rings is 1. The van der Waals surface area contributed by atoms with Gasteiger partial charge in [-0.1, -0.05) is 18.5 Å². The normalized spacial score (nSPS) is 12.0. The number of carbonyl (C=O) groups is 1. The molecule has 0 bridgehead atoms. The molecule has 0 aliphatic heterocycles. The summed E-state index contributed by atoms with van der Waals surface area (Å²) in [5.41, 5.74) is -0.383. The Bertz CT molecular complexity index is 524. The number of rotatable bonds is 5. The molecule has 0 saturated carbocycles. The maximum absolute atomic E-state index is 13.2. The van der Waals surface area contributed by atoms with Crippen LogP contribution in [0.1, 0.15) is 6.92 Å². The van der Waals surface area contributed by atoms with E-state index in [4.69, 9.17) is 16.7 Å². The van der Waals surface area contributed by atoms with Crippen LogP contribution in [0.25, 0.3) is 0 Å². The molecule has 1 N–H and O–H groups in total. The van der Waals surface area contributed by atoms with Gasteiger partial charge in [0.1, 0.15) is 11.5 Å². The zero-order valence-corrected chi connectivity index (χ0v) is 11.0. The maximum atomic E-state index is 13.2. The highest BCUT2D eigenvalue weighted by molar-refractivity contribution is 6.31. The molecule has 0 fully saturated rings. The number of carboxylic acid groups (broad SMARTS) is 1. The van der Waals surface area contributed by atoms with Gasteiger partial charge >= 0.3 is 5.97 Å². The molecule has 0 heterocycles. The second-order valence-corrected chi connectivity index (χ2v) is 4.54. The van der Waals surface area contributed by atoms with Gasteiger partial charge < -0.3 is 10.0 Å². The summed E-state index contributed by atoms with van der Waals surface area (Å²) in [6.45, 7) is 1.51. The number of aliphatic carboxylic acids is 1. The average molecular weight is 291 g/mol. The van der Waals surface area contributed by atoms with Crippen molar-refractivity contribution in [3.63, 3.8) is 0 Å². The smallest absolute Gasteiger partial charge is 0.308 e. The SMILES string of the molecule is CC(CN(C)c1cc(Cl)c(F)cc1[N+](=O)[O-])C(=O)O. The topological polar surface area (TPSA) is 83.7 Å². The standard InChI is InChI=1S/C11H12ClFN2O4/c1-6(11(16)17)5-14(2)9-3-7(12)8(13)4-10(9)15(18)19/h3-4,6H,5H2,1-2H3,(H,16,17). The molecule has 0 aliphatic carbocycles. The van der Waals surface area contributed by atoms with Crippen LogP contribution >= 0.6 is 11.6 Å². The lowest BCUT2D eigenvalue weighted by atomic mass is 10.1. The third kappa shape index (κ3) is 3.54. The molecule has 0 aliphatic rings. The molecular weight excluding hydrogens is 279 g/mol. The monoisotopic (exact) mass is 290 g/mol. The third-order valence-electron chi connectivity index (χ3n) is 2.59. The highest BCUT2D eigenvalue weighted by Crippen LogP contribution is 2.32. The summed E-state index contributed by atoms with van der Waals surface area (Å²) in [7, 11) is 1.48. The molecule has 0 spiro atoms. The molecule has 104 valence electrons. The van der Waals surface area contributed by atoms with E-state index in [9.17, 15) is 19.3 Å². The number of hydrogen-bond donors (Lipinski definition) is 1. The largest absolute Gasteiger partial charge is 0.481 e. The van der Waals surface area contributed by atoms with Crippen molar-refractivity contribution >= 4 is 28.9 Å². The summed E-state index contributed by atoms with van der Waals surface area (Å²) in [5.74, 6) is -2.65. The average Bonchev–Trinajstić information content (AvgIpc) is 2.31. The zero-order chi connectivity index (χ0) is 14.7. The number of anilines is 1. The molecule has 8 heteroatoms. The Hall–Kier alpha value is -1.89. The van der Waals surface area contributed by atoms with Crippen LogP contribution in [0.3, 0.4) is 0 Å². The molecular formula is C11H12ClFN2O4. The molecule has 0 radical (unpaired) electrons. The van der Waals surface area contributed by atoms with Crippen LogP contribution in [0.2, 0.25) is 5.02 Å². The first-order valence-corrected chi connectivity index (χ1v) is 5.69. The van der Waals surface area contributed by atoms with Crippen molar-refractivity contribution in [2.75, 3.05) is 18.5 Å². The quantitative estimate of drug-likeness (QED) is 0.665. The Balaban J connectivity index is 3.14. The van der Waals surface area contributed by atoms with Crippen molar-refractivity contribution in [2.45, 2.75) is 6.92 Å². The minimum atomic E-state index is -1.03.